The average molecular weight is 305 g/mol. The van der Waals surface area contributed by atoms with Gasteiger partial charge in [-0.1, -0.05) is 12.2 Å². The fourth-order valence-electron chi connectivity index (χ4n) is 1.93. The van der Waals surface area contributed by atoms with Gasteiger partial charge in [-0.3, -0.25) is 4.68 Å². The summed E-state index contributed by atoms with van der Waals surface area (Å²) in [6.07, 6.45) is 4.60. The molecule has 0 unspecified atom stereocenters. The van der Waals surface area contributed by atoms with Crippen LogP contribution in [0, 0.1) is 0 Å². The van der Waals surface area contributed by atoms with E-state index in [2.05, 4.69) is 5.10 Å². The molecule has 0 atom stereocenters. The molecule has 0 aliphatic rings. The SMILES string of the molecule is CCOc1cc(C(N)=S)ccc1OCCc1cnn(C)c1. The summed E-state index contributed by atoms with van der Waals surface area (Å²) in [7, 11) is 1.89. The van der Waals surface area contributed by atoms with Crippen molar-refractivity contribution in [2.75, 3.05) is 13.2 Å². The largest absolute Gasteiger partial charge is 0.490 e. The van der Waals surface area contributed by atoms with Crippen molar-refractivity contribution < 1.29 is 9.47 Å². The van der Waals surface area contributed by atoms with E-state index >= 15 is 0 Å². The lowest BCUT2D eigenvalue weighted by Gasteiger charge is -2.12. The van der Waals surface area contributed by atoms with Crippen molar-refractivity contribution in [3.8, 4) is 11.5 Å². The Morgan fingerprint density at radius 2 is 2.14 bits per heavy atom. The third-order valence-corrected chi connectivity index (χ3v) is 3.17. The molecule has 0 amide bonds. The van der Waals surface area contributed by atoms with Crippen molar-refractivity contribution in [3.63, 3.8) is 0 Å². The topological polar surface area (TPSA) is 62.3 Å². The van der Waals surface area contributed by atoms with Gasteiger partial charge >= 0.3 is 0 Å². The molecule has 0 spiro atoms. The Balaban J connectivity index is 2.02. The van der Waals surface area contributed by atoms with E-state index in [0.717, 1.165) is 17.5 Å². The Bertz CT molecular complexity index is 625. The van der Waals surface area contributed by atoms with Gasteiger partial charge in [0, 0.05) is 25.2 Å². The van der Waals surface area contributed by atoms with Crippen molar-refractivity contribution in [3.05, 3.63) is 41.7 Å². The highest BCUT2D eigenvalue weighted by Crippen LogP contribution is 2.28. The van der Waals surface area contributed by atoms with Crippen LogP contribution in [0.2, 0.25) is 0 Å². The second kappa shape index (κ2) is 7.08. The molecule has 1 aromatic carbocycles. The molecule has 1 heterocycles. The van der Waals surface area contributed by atoms with E-state index in [1.807, 2.05) is 44.6 Å². The third-order valence-electron chi connectivity index (χ3n) is 2.93. The smallest absolute Gasteiger partial charge is 0.161 e. The van der Waals surface area contributed by atoms with E-state index < -0.39 is 0 Å². The summed E-state index contributed by atoms with van der Waals surface area (Å²) in [6, 6.07) is 5.48. The first kappa shape index (κ1) is 15.3. The zero-order valence-electron chi connectivity index (χ0n) is 12.2. The highest BCUT2D eigenvalue weighted by atomic mass is 32.1. The first-order valence-electron chi connectivity index (χ1n) is 6.77. The predicted molar refractivity (Wildman–Crippen MR) is 85.9 cm³/mol. The van der Waals surface area contributed by atoms with Gasteiger partial charge in [-0.2, -0.15) is 5.10 Å². The molecule has 0 saturated heterocycles. The molecule has 0 saturated carbocycles. The third kappa shape index (κ3) is 4.19. The molecule has 0 aliphatic heterocycles. The molecule has 112 valence electrons. The molecule has 0 bridgehead atoms. The second-order valence-corrected chi connectivity index (χ2v) is 5.02. The maximum Gasteiger partial charge on any atom is 0.161 e. The lowest BCUT2D eigenvalue weighted by Crippen LogP contribution is -2.10. The van der Waals surface area contributed by atoms with Crippen LogP contribution in [0.15, 0.2) is 30.6 Å². The second-order valence-electron chi connectivity index (χ2n) is 4.58. The first-order chi connectivity index (χ1) is 10.1. The summed E-state index contributed by atoms with van der Waals surface area (Å²) in [5.74, 6) is 1.36. The number of hydrogen-bond acceptors (Lipinski definition) is 4. The van der Waals surface area contributed by atoms with Gasteiger partial charge in [-0.05, 0) is 30.7 Å². The van der Waals surface area contributed by atoms with Crippen LogP contribution < -0.4 is 15.2 Å². The Hall–Kier alpha value is -2.08. The van der Waals surface area contributed by atoms with Crippen LogP contribution in [0.5, 0.6) is 11.5 Å². The van der Waals surface area contributed by atoms with Crippen LogP contribution in [-0.4, -0.2) is 28.0 Å². The number of rotatable bonds is 7. The van der Waals surface area contributed by atoms with E-state index in [4.69, 9.17) is 27.4 Å². The molecule has 2 aromatic rings. The van der Waals surface area contributed by atoms with Crippen molar-refractivity contribution in [2.24, 2.45) is 12.8 Å². The number of nitrogens with two attached hydrogens (primary N) is 1. The lowest BCUT2D eigenvalue weighted by atomic mass is 10.2. The number of aryl methyl sites for hydroxylation is 1. The molecule has 6 heteroatoms. The Morgan fingerprint density at radius 3 is 2.76 bits per heavy atom. The van der Waals surface area contributed by atoms with Gasteiger partial charge in [0.1, 0.15) is 4.99 Å². The minimum Gasteiger partial charge on any atom is -0.490 e. The Kier molecular flexibility index (Phi) is 5.16. The molecule has 5 nitrogen and oxygen atoms in total. The molecule has 1 aromatic heterocycles. The number of thiocarbonyl (C=S) groups is 1. The van der Waals surface area contributed by atoms with Crippen molar-refractivity contribution in [1.29, 1.82) is 0 Å². The maximum absolute atomic E-state index is 5.79. The highest BCUT2D eigenvalue weighted by Gasteiger charge is 2.08. The number of hydrogen-bond donors (Lipinski definition) is 1. The monoisotopic (exact) mass is 305 g/mol. The van der Waals surface area contributed by atoms with Crippen LogP contribution in [0.3, 0.4) is 0 Å². The molecule has 0 radical (unpaired) electrons. The first-order valence-corrected chi connectivity index (χ1v) is 7.18. The summed E-state index contributed by atoms with van der Waals surface area (Å²) in [5, 5.41) is 4.13. The van der Waals surface area contributed by atoms with Crippen molar-refractivity contribution in [1.82, 2.24) is 9.78 Å². The van der Waals surface area contributed by atoms with Gasteiger partial charge in [0.05, 0.1) is 19.4 Å². The summed E-state index contributed by atoms with van der Waals surface area (Å²) < 4.78 is 13.1. The van der Waals surface area contributed by atoms with Crippen LogP contribution in [-0.2, 0) is 13.5 Å². The quantitative estimate of drug-likeness (QED) is 0.794. The van der Waals surface area contributed by atoms with E-state index in [1.54, 1.807) is 4.68 Å². The van der Waals surface area contributed by atoms with Crippen molar-refractivity contribution in [2.45, 2.75) is 13.3 Å². The molecule has 0 aliphatic carbocycles. The fourth-order valence-corrected chi connectivity index (χ4v) is 2.06. The summed E-state index contributed by atoms with van der Waals surface area (Å²) in [4.78, 5) is 0.345. The normalized spacial score (nSPS) is 10.4. The molecule has 2 rings (SSSR count). The average Bonchev–Trinajstić information content (AvgIpc) is 2.86. The van der Waals surface area contributed by atoms with Crippen LogP contribution in [0.4, 0.5) is 0 Å². The number of benzene rings is 1. The van der Waals surface area contributed by atoms with Crippen LogP contribution >= 0.6 is 12.2 Å². The van der Waals surface area contributed by atoms with Crippen LogP contribution in [0.25, 0.3) is 0 Å². The molecular weight excluding hydrogens is 286 g/mol. The zero-order valence-corrected chi connectivity index (χ0v) is 13.0. The standard InChI is InChI=1S/C15H19N3O2S/c1-3-19-14-8-12(15(16)21)4-5-13(14)20-7-6-11-9-17-18(2)10-11/h4-5,8-10H,3,6-7H2,1-2H3,(H2,16,21). The van der Waals surface area contributed by atoms with Gasteiger partial charge in [0.25, 0.3) is 0 Å². The minimum atomic E-state index is 0.345. The number of nitrogens with zero attached hydrogens (tertiary/aromatic N) is 2. The highest BCUT2D eigenvalue weighted by molar-refractivity contribution is 7.80. The van der Waals surface area contributed by atoms with Gasteiger partial charge in [-0.25, -0.2) is 0 Å². The Labute approximate surface area is 129 Å². The van der Waals surface area contributed by atoms with Gasteiger partial charge in [0.15, 0.2) is 11.5 Å². The van der Waals surface area contributed by atoms with Gasteiger partial charge in [0.2, 0.25) is 0 Å². The lowest BCUT2D eigenvalue weighted by molar-refractivity contribution is 0.279. The summed E-state index contributed by atoms with van der Waals surface area (Å²) >= 11 is 4.97. The summed E-state index contributed by atoms with van der Waals surface area (Å²) in [6.45, 7) is 3.03. The fraction of sp³-hybridized carbons (Fsp3) is 0.333. The molecule has 0 fully saturated rings. The van der Waals surface area contributed by atoms with E-state index in [0.29, 0.717) is 29.7 Å². The van der Waals surface area contributed by atoms with Gasteiger partial charge < -0.3 is 15.2 Å². The van der Waals surface area contributed by atoms with Crippen molar-refractivity contribution >= 4 is 17.2 Å². The van der Waals surface area contributed by atoms with E-state index in [-0.39, 0.29) is 0 Å². The van der Waals surface area contributed by atoms with E-state index in [1.165, 1.54) is 0 Å². The van der Waals surface area contributed by atoms with Crippen LogP contribution in [0.1, 0.15) is 18.1 Å². The molecular formula is C15H19N3O2S. The van der Waals surface area contributed by atoms with Gasteiger partial charge in [-0.15, -0.1) is 0 Å². The maximum atomic E-state index is 5.79. The van der Waals surface area contributed by atoms with E-state index in [9.17, 15) is 0 Å². The number of ether oxygens (including phenoxy) is 2. The Morgan fingerprint density at radius 1 is 1.33 bits per heavy atom. The number of aromatic nitrogens is 2. The minimum absolute atomic E-state index is 0.345. The molecule has 2 N–H and O–H groups in total. The zero-order chi connectivity index (χ0) is 15.2. The predicted octanol–water partition coefficient (Wildman–Crippen LogP) is 2.07. The molecule has 21 heavy (non-hydrogen) atoms. The summed E-state index contributed by atoms with van der Waals surface area (Å²) in [5.41, 5.74) is 7.54.